The average Bonchev–Trinajstić information content (AvgIpc) is 2.40. The second-order valence-electron chi connectivity index (χ2n) is 3.71. The first-order valence-corrected chi connectivity index (χ1v) is 5.59. The van der Waals surface area contributed by atoms with Gasteiger partial charge >= 0.3 is 0 Å². The van der Waals surface area contributed by atoms with E-state index in [0.29, 0.717) is 12.7 Å². The molecule has 0 heterocycles. The van der Waals surface area contributed by atoms with Gasteiger partial charge in [-0.3, -0.25) is 14.9 Å². The molecule has 0 aromatic heterocycles. The Labute approximate surface area is 113 Å². The minimum Gasteiger partial charge on any atom is -0.383 e. The largest absolute Gasteiger partial charge is 0.383 e. The van der Waals surface area contributed by atoms with Gasteiger partial charge < -0.3 is 15.4 Å². The Balaban J connectivity index is 2.74. The molecule has 0 spiro atoms. The molecule has 0 aliphatic heterocycles. The summed E-state index contributed by atoms with van der Waals surface area (Å²) in [5.74, 6) is -3.17. The highest BCUT2D eigenvalue weighted by Crippen LogP contribution is 2.28. The predicted molar refractivity (Wildman–Crippen MR) is 66.4 cm³/mol. The summed E-state index contributed by atoms with van der Waals surface area (Å²) in [5, 5.41) is 15.3. The van der Waals surface area contributed by atoms with Crippen molar-refractivity contribution in [3.8, 4) is 0 Å². The van der Waals surface area contributed by atoms with Crippen molar-refractivity contribution in [3.63, 3.8) is 0 Å². The molecule has 0 atom stereocenters. The number of benzene rings is 1. The lowest BCUT2D eigenvalue weighted by Crippen LogP contribution is -2.32. The van der Waals surface area contributed by atoms with Crippen LogP contribution in [-0.4, -0.2) is 37.6 Å². The fourth-order valence-corrected chi connectivity index (χ4v) is 1.38. The second kappa shape index (κ2) is 7.34. The minimum absolute atomic E-state index is 0.241. The molecule has 7 nitrogen and oxygen atoms in total. The van der Waals surface area contributed by atoms with Crippen molar-refractivity contribution in [2.24, 2.45) is 0 Å². The van der Waals surface area contributed by atoms with Gasteiger partial charge in [-0.1, -0.05) is 0 Å². The zero-order chi connectivity index (χ0) is 15.1. The smallest absolute Gasteiger partial charge is 0.295 e. The molecule has 0 fully saturated rings. The number of anilines is 1. The van der Waals surface area contributed by atoms with E-state index in [1.165, 1.54) is 7.11 Å². The fraction of sp³-hybridized carbons (Fsp3) is 0.364. The number of nitro groups is 1. The highest BCUT2D eigenvalue weighted by atomic mass is 19.2. The van der Waals surface area contributed by atoms with Crippen molar-refractivity contribution in [3.05, 3.63) is 33.9 Å². The van der Waals surface area contributed by atoms with Gasteiger partial charge in [0, 0.05) is 19.7 Å². The maximum Gasteiger partial charge on any atom is 0.295 e. The van der Waals surface area contributed by atoms with Gasteiger partial charge in [0.2, 0.25) is 5.91 Å². The van der Waals surface area contributed by atoms with Gasteiger partial charge in [-0.15, -0.1) is 0 Å². The lowest BCUT2D eigenvalue weighted by Gasteiger charge is -2.09. The molecular formula is C11H13F2N3O4. The lowest BCUT2D eigenvalue weighted by atomic mass is 10.2. The van der Waals surface area contributed by atoms with Crippen LogP contribution in [0, 0.1) is 21.7 Å². The normalized spacial score (nSPS) is 10.2. The van der Waals surface area contributed by atoms with Crippen LogP contribution in [0.15, 0.2) is 12.1 Å². The molecule has 0 saturated carbocycles. The van der Waals surface area contributed by atoms with Crippen molar-refractivity contribution in [2.75, 3.05) is 32.1 Å². The molecule has 2 N–H and O–H groups in total. The summed E-state index contributed by atoms with van der Waals surface area (Å²) in [5.41, 5.74) is -1.30. The van der Waals surface area contributed by atoms with Crippen molar-refractivity contribution >= 4 is 17.3 Å². The molecule has 0 aliphatic rings. The third-order valence-electron chi connectivity index (χ3n) is 2.32. The Bertz CT molecular complexity index is 511. The van der Waals surface area contributed by atoms with Crippen LogP contribution in [0.4, 0.5) is 20.2 Å². The van der Waals surface area contributed by atoms with Crippen LogP contribution >= 0.6 is 0 Å². The first kappa shape index (κ1) is 15.8. The Kier molecular flexibility index (Phi) is 5.78. The molecule has 0 aliphatic carbocycles. The Morgan fingerprint density at radius 3 is 2.75 bits per heavy atom. The summed E-state index contributed by atoms with van der Waals surface area (Å²) in [6.07, 6.45) is 0. The van der Waals surface area contributed by atoms with Crippen LogP contribution in [0.5, 0.6) is 0 Å². The molecular weight excluding hydrogens is 276 g/mol. The van der Waals surface area contributed by atoms with Crippen molar-refractivity contribution in [2.45, 2.75) is 0 Å². The van der Waals surface area contributed by atoms with Crippen LogP contribution in [0.25, 0.3) is 0 Å². The van der Waals surface area contributed by atoms with Gasteiger partial charge in [-0.05, 0) is 6.07 Å². The molecule has 20 heavy (non-hydrogen) atoms. The van der Waals surface area contributed by atoms with Crippen molar-refractivity contribution in [1.29, 1.82) is 0 Å². The number of carbonyl (C=O) groups is 1. The highest BCUT2D eigenvalue weighted by Gasteiger charge is 2.21. The quantitative estimate of drug-likeness (QED) is 0.444. The summed E-state index contributed by atoms with van der Waals surface area (Å²) in [7, 11) is 1.45. The van der Waals surface area contributed by atoms with Crippen LogP contribution in [0.1, 0.15) is 0 Å². The van der Waals surface area contributed by atoms with Gasteiger partial charge in [-0.2, -0.15) is 0 Å². The minimum atomic E-state index is -1.40. The average molecular weight is 289 g/mol. The maximum absolute atomic E-state index is 13.5. The predicted octanol–water partition coefficient (Wildman–Crippen LogP) is 1.05. The van der Waals surface area contributed by atoms with Crippen LogP contribution in [0.2, 0.25) is 0 Å². The molecule has 110 valence electrons. The van der Waals surface area contributed by atoms with Gasteiger partial charge in [-0.25, -0.2) is 8.78 Å². The number of ether oxygens (including phenoxy) is 1. The van der Waals surface area contributed by atoms with E-state index in [1.807, 2.05) is 0 Å². The highest BCUT2D eigenvalue weighted by molar-refractivity contribution is 5.81. The summed E-state index contributed by atoms with van der Waals surface area (Å²) >= 11 is 0. The van der Waals surface area contributed by atoms with Gasteiger partial charge in [0.1, 0.15) is 0 Å². The molecule has 0 radical (unpaired) electrons. The topological polar surface area (TPSA) is 93.5 Å². The number of nitrogens with one attached hydrogen (secondary N) is 2. The summed E-state index contributed by atoms with van der Waals surface area (Å²) in [6, 6.07) is 1.47. The molecule has 0 unspecified atom stereocenters. The van der Waals surface area contributed by atoms with Gasteiger partial charge in [0.05, 0.1) is 18.1 Å². The van der Waals surface area contributed by atoms with Gasteiger partial charge in [0.25, 0.3) is 5.69 Å². The third kappa shape index (κ3) is 4.12. The monoisotopic (exact) mass is 289 g/mol. The second-order valence-corrected chi connectivity index (χ2v) is 3.71. The summed E-state index contributed by atoms with van der Waals surface area (Å²) in [6.45, 7) is 0.107. The zero-order valence-corrected chi connectivity index (χ0v) is 10.6. The number of halogens is 2. The molecule has 9 heteroatoms. The Morgan fingerprint density at radius 1 is 1.45 bits per heavy atom. The molecule has 1 aromatic carbocycles. The van der Waals surface area contributed by atoms with Gasteiger partial charge in [0.15, 0.2) is 17.3 Å². The number of hydrogen-bond donors (Lipinski definition) is 2. The molecule has 0 bridgehead atoms. The van der Waals surface area contributed by atoms with Crippen LogP contribution in [-0.2, 0) is 9.53 Å². The summed E-state index contributed by atoms with van der Waals surface area (Å²) in [4.78, 5) is 21.2. The number of nitro benzene ring substituents is 1. The standard InChI is InChI=1S/C11H13F2N3O4/c1-20-5-4-14-9(17)6-15-11-8(16(18)19)3-2-7(12)10(11)13/h2-3,15H,4-6H2,1H3,(H,14,17). The number of nitrogens with zero attached hydrogens (tertiary/aromatic N) is 1. The van der Waals surface area contributed by atoms with E-state index in [1.54, 1.807) is 0 Å². The molecule has 1 aromatic rings. The summed E-state index contributed by atoms with van der Waals surface area (Å²) < 4.78 is 31.2. The van der Waals surface area contributed by atoms with Crippen LogP contribution < -0.4 is 10.6 Å². The van der Waals surface area contributed by atoms with Crippen molar-refractivity contribution < 1.29 is 23.2 Å². The first-order valence-electron chi connectivity index (χ1n) is 5.59. The maximum atomic E-state index is 13.5. The Hall–Kier alpha value is -2.29. The van der Waals surface area contributed by atoms with E-state index in [0.717, 1.165) is 6.07 Å². The van der Waals surface area contributed by atoms with E-state index in [9.17, 15) is 23.7 Å². The first-order chi connectivity index (χ1) is 9.47. The number of carbonyl (C=O) groups excluding carboxylic acids is 1. The third-order valence-corrected chi connectivity index (χ3v) is 2.32. The van der Waals surface area contributed by atoms with E-state index in [2.05, 4.69) is 10.6 Å². The SMILES string of the molecule is COCCNC(=O)CNc1c([N+](=O)[O-])ccc(F)c1F. The van der Waals surface area contributed by atoms with Crippen molar-refractivity contribution in [1.82, 2.24) is 5.32 Å². The molecule has 1 amide bonds. The number of rotatable bonds is 7. The zero-order valence-electron chi connectivity index (χ0n) is 10.6. The van der Waals surface area contributed by atoms with E-state index >= 15 is 0 Å². The van der Waals surface area contributed by atoms with E-state index < -0.39 is 40.4 Å². The number of amides is 1. The lowest BCUT2D eigenvalue weighted by molar-refractivity contribution is -0.384. The fourth-order valence-electron chi connectivity index (χ4n) is 1.38. The molecule has 1 rings (SSSR count). The van der Waals surface area contributed by atoms with Crippen LogP contribution in [0.3, 0.4) is 0 Å². The number of hydrogen-bond acceptors (Lipinski definition) is 5. The number of methoxy groups -OCH3 is 1. The Morgan fingerprint density at radius 2 is 2.15 bits per heavy atom. The molecule has 0 saturated heterocycles. The van der Waals surface area contributed by atoms with E-state index in [-0.39, 0.29) is 6.54 Å². The van der Waals surface area contributed by atoms with E-state index in [4.69, 9.17) is 4.74 Å².